The molecule has 0 bridgehead atoms. The van der Waals surface area contributed by atoms with Gasteiger partial charge in [0.25, 0.3) is 0 Å². The van der Waals surface area contributed by atoms with Gasteiger partial charge in [-0.3, -0.25) is 0 Å². The van der Waals surface area contributed by atoms with Crippen molar-refractivity contribution in [3.8, 4) is 62.5 Å². The van der Waals surface area contributed by atoms with Crippen LogP contribution in [0.2, 0.25) is 0 Å². The number of aromatic nitrogens is 3. The Hall–Kier alpha value is -8.78. The first-order chi connectivity index (χ1) is 31.7. The standard InChI is InChI=1S/C60H34N4/c61-35-36-19-21-37(22-20-36)38-23-28-43(29-24-38)59-62-58(42-9-2-1-3-10-42)63-60(64-59)52-32-31-46(47-14-4-5-15-48(47)52)45-33-44-30-27-41-12-7-17-50-49-16-6-11-39-25-26-40-13-8-18-51(56(40)54(39)49)53(34-45)57(44)55(41)50/h1-34H. The molecular weight excluding hydrogens is 777 g/mol. The zero-order valence-electron chi connectivity index (χ0n) is 34.4. The van der Waals surface area contributed by atoms with Gasteiger partial charge in [-0.15, -0.1) is 0 Å². The van der Waals surface area contributed by atoms with E-state index in [1.165, 1.54) is 64.6 Å². The summed E-state index contributed by atoms with van der Waals surface area (Å²) in [4.78, 5) is 15.4. The van der Waals surface area contributed by atoms with Crippen molar-refractivity contribution in [1.82, 2.24) is 15.0 Å². The monoisotopic (exact) mass is 810 g/mol. The molecule has 12 aromatic carbocycles. The minimum atomic E-state index is 0.598. The second-order valence-electron chi connectivity index (χ2n) is 16.6. The summed E-state index contributed by atoms with van der Waals surface area (Å²) in [7, 11) is 0. The zero-order valence-corrected chi connectivity index (χ0v) is 34.4. The Kier molecular flexibility index (Phi) is 7.94. The molecule has 0 N–H and O–H groups in total. The van der Waals surface area contributed by atoms with Crippen LogP contribution in [0.3, 0.4) is 0 Å². The lowest BCUT2D eigenvalue weighted by atomic mass is 9.86. The van der Waals surface area contributed by atoms with Crippen LogP contribution < -0.4 is 0 Å². The van der Waals surface area contributed by atoms with Crippen LogP contribution in [0.1, 0.15) is 5.56 Å². The van der Waals surface area contributed by atoms with Gasteiger partial charge in [-0.2, -0.15) is 5.26 Å². The van der Waals surface area contributed by atoms with Crippen molar-refractivity contribution in [3.05, 3.63) is 212 Å². The first-order valence-corrected chi connectivity index (χ1v) is 21.6. The molecule has 4 heteroatoms. The Morgan fingerprint density at radius 3 is 1.31 bits per heavy atom. The molecule has 13 aromatic rings. The van der Waals surface area contributed by atoms with Crippen molar-refractivity contribution in [2.24, 2.45) is 0 Å². The molecule has 0 atom stereocenters. The van der Waals surface area contributed by atoms with Crippen molar-refractivity contribution in [2.45, 2.75) is 0 Å². The second-order valence-corrected chi connectivity index (χ2v) is 16.6. The summed E-state index contributed by atoms with van der Waals surface area (Å²) in [6, 6.07) is 75.5. The minimum Gasteiger partial charge on any atom is -0.208 e. The Bertz CT molecular complexity index is 4050. The van der Waals surface area contributed by atoms with E-state index in [0.717, 1.165) is 49.7 Å². The first-order valence-electron chi connectivity index (χ1n) is 21.6. The molecule has 0 fully saturated rings. The van der Waals surface area contributed by atoms with E-state index in [0.29, 0.717) is 23.0 Å². The Morgan fingerprint density at radius 2 is 0.719 bits per heavy atom. The minimum absolute atomic E-state index is 0.598. The van der Waals surface area contributed by atoms with E-state index in [4.69, 9.17) is 15.0 Å². The normalized spacial score (nSPS) is 11.7. The Balaban J connectivity index is 1.03. The van der Waals surface area contributed by atoms with Gasteiger partial charge in [0.1, 0.15) is 0 Å². The molecule has 0 saturated carbocycles. The van der Waals surface area contributed by atoms with Crippen LogP contribution in [-0.2, 0) is 0 Å². The van der Waals surface area contributed by atoms with Crippen LogP contribution in [0.4, 0.5) is 0 Å². The summed E-state index contributed by atoms with van der Waals surface area (Å²) in [6.07, 6.45) is 0. The highest BCUT2D eigenvalue weighted by Crippen LogP contribution is 2.45. The van der Waals surface area contributed by atoms with Gasteiger partial charge in [0.15, 0.2) is 17.5 Å². The quantitative estimate of drug-likeness (QED) is 0.162. The molecule has 1 aromatic heterocycles. The highest BCUT2D eigenvalue weighted by atomic mass is 15.0. The molecule has 1 heterocycles. The number of benzene rings is 11. The fraction of sp³-hybridized carbons (Fsp3) is 0. The van der Waals surface area contributed by atoms with Crippen molar-refractivity contribution < 1.29 is 0 Å². The van der Waals surface area contributed by atoms with Crippen LogP contribution in [-0.4, -0.2) is 15.0 Å². The molecule has 294 valence electrons. The number of hydrogen-bond donors (Lipinski definition) is 0. The van der Waals surface area contributed by atoms with Gasteiger partial charge in [-0.1, -0.05) is 176 Å². The summed E-state index contributed by atoms with van der Waals surface area (Å²) >= 11 is 0. The van der Waals surface area contributed by atoms with Crippen LogP contribution in [0.15, 0.2) is 206 Å². The third-order valence-corrected chi connectivity index (χ3v) is 13.1. The van der Waals surface area contributed by atoms with Gasteiger partial charge in [-0.25, -0.2) is 15.0 Å². The van der Waals surface area contributed by atoms with Gasteiger partial charge < -0.3 is 0 Å². The molecule has 0 saturated heterocycles. The maximum atomic E-state index is 9.30. The highest BCUT2D eigenvalue weighted by molar-refractivity contribution is 6.37. The van der Waals surface area contributed by atoms with E-state index in [1.54, 1.807) is 0 Å². The lowest BCUT2D eigenvalue weighted by Crippen LogP contribution is -2.00. The maximum Gasteiger partial charge on any atom is 0.164 e. The molecule has 0 amide bonds. The fourth-order valence-electron chi connectivity index (χ4n) is 10.1. The van der Waals surface area contributed by atoms with Crippen LogP contribution >= 0.6 is 0 Å². The van der Waals surface area contributed by atoms with E-state index in [-0.39, 0.29) is 0 Å². The molecule has 0 unspecified atom stereocenters. The number of fused-ring (bicyclic) bond motifs is 3. The smallest absolute Gasteiger partial charge is 0.164 e. The van der Waals surface area contributed by atoms with Gasteiger partial charge in [0.05, 0.1) is 11.6 Å². The predicted molar refractivity (Wildman–Crippen MR) is 265 cm³/mol. The van der Waals surface area contributed by atoms with E-state index < -0.39 is 0 Å². The largest absolute Gasteiger partial charge is 0.208 e. The molecule has 0 radical (unpaired) electrons. The summed E-state index contributed by atoms with van der Waals surface area (Å²) in [5, 5.41) is 26.7. The lowest BCUT2D eigenvalue weighted by Gasteiger charge is -2.18. The van der Waals surface area contributed by atoms with Crippen LogP contribution in [0, 0.1) is 11.3 Å². The zero-order chi connectivity index (χ0) is 42.3. The molecule has 0 spiro atoms. The lowest BCUT2D eigenvalue weighted by molar-refractivity contribution is 1.08. The fourth-order valence-corrected chi connectivity index (χ4v) is 10.1. The van der Waals surface area contributed by atoms with Crippen LogP contribution in [0.5, 0.6) is 0 Å². The number of nitriles is 1. The number of nitrogens with zero attached hydrogens (tertiary/aromatic N) is 4. The molecule has 64 heavy (non-hydrogen) atoms. The Morgan fingerprint density at radius 1 is 0.281 bits per heavy atom. The Labute approximate surface area is 368 Å². The summed E-state index contributed by atoms with van der Waals surface area (Å²) in [6.45, 7) is 0. The highest BCUT2D eigenvalue weighted by Gasteiger charge is 2.19. The number of hydrogen-bond acceptors (Lipinski definition) is 4. The van der Waals surface area contributed by atoms with Crippen molar-refractivity contribution >= 4 is 75.4 Å². The summed E-state index contributed by atoms with van der Waals surface area (Å²) in [5.74, 6) is 1.82. The molecule has 0 aliphatic rings. The molecule has 4 nitrogen and oxygen atoms in total. The summed E-state index contributed by atoms with van der Waals surface area (Å²) < 4.78 is 0. The van der Waals surface area contributed by atoms with E-state index in [9.17, 15) is 5.26 Å². The molecule has 0 aliphatic heterocycles. The average molecular weight is 811 g/mol. The van der Waals surface area contributed by atoms with Gasteiger partial charge in [-0.05, 0) is 128 Å². The van der Waals surface area contributed by atoms with Crippen molar-refractivity contribution in [3.63, 3.8) is 0 Å². The average Bonchev–Trinajstić information content (AvgIpc) is 3.37. The van der Waals surface area contributed by atoms with Gasteiger partial charge in [0, 0.05) is 16.7 Å². The molecule has 0 aliphatic carbocycles. The van der Waals surface area contributed by atoms with Crippen molar-refractivity contribution in [1.29, 1.82) is 5.26 Å². The third kappa shape index (κ3) is 5.58. The summed E-state index contributed by atoms with van der Waals surface area (Å²) in [5.41, 5.74) is 7.78. The van der Waals surface area contributed by atoms with Crippen molar-refractivity contribution in [2.75, 3.05) is 0 Å². The van der Waals surface area contributed by atoms with E-state index in [1.807, 2.05) is 54.6 Å². The van der Waals surface area contributed by atoms with E-state index >= 15 is 0 Å². The third-order valence-electron chi connectivity index (χ3n) is 13.1. The van der Waals surface area contributed by atoms with Gasteiger partial charge in [0.2, 0.25) is 0 Å². The number of rotatable bonds is 5. The SMILES string of the molecule is N#Cc1ccc(-c2ccc(-c3nc(-c4ccccc4)nc(-c4ccc(-c5cc6ccc7cccc8c9cccc%10ccc%11cccc(c(c5)c6c78)c%11c%109)c5ccccc45)n3)cc2)cc1. The predicted octanol–water partition coefficient (Wildman–Crippen LogP) is 15.6. The first kappa shape index (κ1) is 35.9. The topological polar surface area (TPSA) is 62.5 Å². The second kappa shape index (κ2) is 14.1. The van der Waals surface area contributed by atoms with E-state index in [2.05, 4.69) is 158 Å². The van der Waals surface area contributed by atoms with Gasteiger partial charge >= 0.3 is 0 Å². The maximum absolute atomic E-state index is 9.30. The van der Waals surface area contributed by atoms with Crippen LogP contribution in [0.25, 0.3) is 132 Å². The molecular formula is C60H34N4. The molecule has 13 rings (SSSR count).